The lowest BCUT2D eigenvalue weighted by molar-refractivity contribution is -0.121. The quantitative estimate of drug-likeness (QED) is 0.885. The third kappa shape index (κ3) is 2.52. The second kappa shape index (κ2) is 5.00. The number of para-hydroxylation sites is 1. The highest BCUT2D eigenvalue weighted by molar-refractivity contribution is 6.07. The molecule has 1 fully saturated rings. The molecule has 1 aromatic carbocycles. The van der Waals surface area contributed by atoms with E-state index < -0.39 is 0 Å². The van der Waals surface area contributed by atoms with E-state index in [1.165, 1.54) is 4.90 Å². The van der Waals surface area contributed by atoms with Gasteiger partial charge in [0.25, 0.3) is 5.91 Å². The van der Waals surface area contributed by atoms with Crippen molar-refractivity contribution in [2.24, 2.45) is 0 Å². The minimum Gasteiger partial charge on any atom is -0.360 e. The molecule has 1 heterocycles. The molecule has 1 saturated carbocycles. The normalized spacial score (nSPS) is 14.2. The second-order valence-electron chi connectivity index (χ2n) is 5.25. The van der Waals surface area contributed by atoms with Crippen LogP contribution in [0.25, 0.3) is 10.9 Å². The Kier molecular flexibility index (Phi) is 3.18. The Bertz CT molecular complexity index is 658. The molecule has 2 N–H and O–H groups in total. The average Bonchev–Trinajstić information content (AvgIpc) is 3.14. The minimum absolute atomic E-state index is 0.0921. The smallest absolute Gasteiger partial charge is 0.256 e. The van der Waals surface area contributed by atoms with Gasteiger partial charge in [-0.1, -0.05) is 18.2 Å². The molecule has 0 unspecified atom stereocenters. The van der Waals surface area contributed by atoms with Crippen LogP contribution in [0.5, 0.6) is 0 Å². The first-order valence-corrected chi connectivity index (χ1v) is 6.76. The number of fused-ring (bicyclic) bond motifs is 1. The van der Waals surface area contributed by atoms with Gasteiger partial charge in [-0.25, -0.2) is 0 Å². The highest BCUT2D eigenvalue weighted by Gasteiger charge is 2.25. The van der Waals surface area contributed by atoms with Crippen molar-refractivity contribution in [2.75, 3.05) is 13.6 Å². The van der Waals surface area contributed by atoms with Crippen molar-refractivity contribution in [3.8, 4) is 0 Å². The van der Waals surface area contributed by atoms with Crippen molar-refractivity contribution in [3.63, 3.8) is 0 Å². The van der Waals surface area contributed by atoms with E-state index in [1.807, 2.05) is 24.3 Å². The molecule has 5 nitrogen and oxygen atoms in total. The van der Waals surface area contributed by atoms with Crippen molar-refractivity contribution in [3.05, 3.63) is 36.0 Å². The largest absolute Gasteiger partial charge is 0.360 e. The van der Waals surface area contributed by atoms with E-state index in [-0.39, 0.29) is 18.4 Å². The molecule has 0 atom stereocenters. The first-order valence-electron chi connectivity index (χ1n) is 6.76. The number of hydrogen-bond acceptors (Lipinski definition) is 2. The molecule has 0 bridgehead atoms. The van der Waals surface area contributed by atoms with E-state index in [2.05, 4.69) is 10.3 Å². The van der Waals surface area contributed by atoms with Gasteiger partial charge in [0, 0.05) is 30.2 Å². The number of likely N-dealkylation sites (N-methyl/N-ethyl adjacent to an activating group) is 1. The maximum absolute atomic E-state index is 12.4. The molecular weight excluding hydrogens is 254 g/mol. The number of rotatable bonds is 4. The van der Waals surface area contributed by atoms with Gasteiger partial charge < -0.3 is 15.2 Å². The Morgan fingerprint density at radius 2 is 2.10 bits per heavy atom. The Labute approximate surface area is 117 Å². The van der Waals surface area contributed by atoms with Gasteiger partial charge in [-0.3, -0.25) is 9.59 Å². The van der Waals surface area contributed by atoms with Gasteiger partial charge >= 0.3 is 0 Å². The van der Waals surface area contributed by atoms with E-state index in [0.29, 0.717) is 11.6 Å². The molecular formula is C15H17N3O2. The molecule has 5 heteroatoms. The van der Waals surface area contributed by atoms with Gasteiger partial charge in [0.05, 0.1) is 12.1 Å². The average molecular weight is 271 g/mol. The standard InChI is InChI=1S/C15H17N3O2/c1-18(9-14(19)17-10-6-7-10)15(20)12-8-16-13-5-3-2-4-11(12)13/h2-5,8,10,16H,6-7,9H2,1H3,(H,17,19). The summed E-state index contributed by atoms with van der Waals surface area (Å²) >= 11 is 0. The van der Waals surface area contributed by atoms with Crippen molar-refractivity contribution in [1.82, 2.24) is 15.2 Å². The fraction of sp³-hybridized carbons (Fsp3) is 0.333. The fourth-order valence-corrected chi connectivity index (χ4v) is 2.24. The zero-order valence-electron chi connectivity index (χ0n) is 11.3. The second-order valence-corrected chi connectivity index (χ2v) is 5.25. The van der Waals surface area contributed by atoms with Gasteiger partial charge in [0.15, 0.2) is 0 Å². The predicted octanol–water partition coefficient (Wildman–Crippen LogP) is 1.52. The summed E-state index contributed by atoms with van der Waals surface area (Å²) in [6, 6.07) is 7.95. The van der Waals surface area contributed by atoms with Crippen LogP contribution in [0.15, 0.2) is 30.5 Å². The molecule has 2 amide bonds. The van der Waals surface area contributed by atoms with Crippen LogP contribution in [0.1, 0.15) is 23.2 Å². The third-order valence-electron chi connectivity index (χ3n) is 3.49. The first kappa shape index (κ1) is 12.7. The van der Waals surface area contributed by atoms with Gasteiger partial charge in [-0.15, -0.1) is 0 Å². The number of nitrogens with zero attached hydrogens (tertiary/aromatic N) is 1. The Morgan fingerprint density at radius 1 is 1.35 bits per heavy atom. The maximum Gasteiger partial charge on any atom is 0.256 e. The number of carbonyl (C=O) groups is 2. The number of amides is 2. The summed E-state index contributed by atoms with van der Waals surface area (Å²) in [4.78, 5) is 28.6. The number of aromatic amines is 1. The number of aromatic nitrogens is 1. The summed E-state index contributed by atoms with van der Waals surface area (Å²) in [5.41, 5.74) is 1.52. The van der Waals surface area contributed by atoms with Crippen LogP contribution in [0.4, 0.5) is 0 Å². The van der Waals surface area contributed by atoms with E-state index in [1.54, 1.807) is 13.2 Å². The van der Waals surface area contributed by atoms with Crippen molar-refractivity contribution in [2.45, 2.75) is 18.9 Å². The van der Waals surface area contributed by atoms with Crippen LogP contribution in [0.2, 0.25) is 0 Å². The van der Waals surface area contributed by atoms with E-state index in [0.717, 1.165) is 23.7 Å². The predicted molar refractivity (Wildman–Crippen MR) is 76.4 cm³/mol. The zero-order valence-corrected chi connectivity index (χ0v) is 11.3. The molecule has 0 aliphatic heterocycles. The van der Waals surface area contributed by atoms with E-state index in [9.17, 15) is 9.59 Å². The summed E-state index contributed by atoms with van der Waals surface area (Å²) in [5.74, 6) is -0.239. The molecule has 3 rings (SSSR count). The van der Waals surface area contributed by atoms with Gasteiger partial charge in [-0.2, -0.15) is 0 Å². The molecule has 0 saturated heterocycles. The number of benzene rings is 1. The summed E-state index contributed by atoms with van der Waals surface area (Å²) in [6.07, 6.45) is 3.79. The van der Waals surface area contributed by atoms with E-state index >= 15 is 0 Å². The van der Waals surface area contributed by atoms with Crippen LogP contribution in [-0.4, -0.2) is 41.3 Å². The van der Waals surface area contributed by atoms with Gasteiger partial charge in [0.1, 0.15) is 0 Å². The van der Waals surface area contributed by atoms with Crippen LogP contribution in [-0.2, 0) is 4.79 Å². The first-order chi connectivity index (χ1) is 9.65. The van der Waals surface area contributed by atoms with Crippen molar-refractivity contribution < 1.29 is 9.59 Å². The molecule has 2 aromatic rings. The molecule has 20 heavy (non-hydrogen) atoms. The summed E-state index contributed by atoms with van der Waals surface area (Å²) in [6.45, 7) is 0.0921. The molecule has 104 valence electrons. The lowest BCUT2D eigenvalue weighted by atomic mass is 10.1. The highest BCUT2D eigenvalue weighted by Crippen LogP contribution is 2.20. The Balaban J connectivity index is 1.72. The van der Waals surface area contributed by atoms with Crippen LogP contribution < -0.4 is 5.32 Å². The fourth-order valence-electron chi connectivity index (χ4n) is 2.24. The Morgan fingerprint density at radius 3 is 2.85 bits per heavy atom. The van der Waals surface area contributed by atoms with E-state index in [4.69, 9.17) is 0 Å². The maximum atomic E-state index is 12.4. The molecule has 1 aromatic heterocycles. The van der Waals surface area contributed by atoms with Crippen LogP contribution in [0.3, 0.4) is 0 Å². The monoisotopic (exact) mass is 271 g/mol. The third-order valence-corrected chi connectivity index (χ3v) is 3.49. The molecule has 0 radical (unpaired) electrons. The number of hydrogen-bond donors (Lipinski definition) is 2. The SMILES string of the molecule is CN(CC(=O)NC1CC1)C(=O)c1c[nH]c2ccccc12. The molecule has 1 aliphatic carbocycles. The highest BCUT2D eigenvalue weighted by atomic mass is 16.2. The lowest BCUT2D eigenvalue weighted by Gasteiger charge is -2.16. The lowest BCUT2D eigenvalue weighted by Crippen LogP contribution is -2.39. The zero-order chi connectivity index (χ0) is 14.1. The van der Waals surface area contributed by atoms with Crippen LogP contribution in [0, 0.1) is 0 Å². The topological polar surface area (TPSA) is 65.2 Å². The Hall–Kier alpha value is -2.30. The van der Waals surface area contributed by atoms with Gasteiger partial charge in [-0.05, 0) is 18.9 Å². The minimum atomic E-state index is -0.145. The van der Waals surface area contributed by atoms with Crippen LogP contribution >= 0.6 is 0 Å². The summed E-state index contributed by atoms with van der Waals surface area (Å²) < 4.78 is 0. The molecule has 0 spiro atoms. The number of H-pyrrole nitrogens is 1. The van der Waals surface area contributed by atoms with Gasteiger partial charge in [0.2, 0.25) is 5.91 Å². The summed E-state index contributed by atoms with van der Waals surface area (Å²) in [7, 11) is 1.65. The van der Waals surface area contributed by atoms with Crippen molar-refractivity contribution >= 4 is 22.7 Å². The molecule has 1 aliphatic rings. The number of nitrogens with one attached hydrogen (secondary N) is 2. The summed E-state index contributed by atoms with van der Waals surface area (Å²) in [5, 5.41) is 3.76. The number of carbonyl (C=O) groups excluding carboxylic acids is 2. The van der Waals surface area contributed by atoms with Crippen molar-refractivity contribution in [1.29, 1.82) is 0 Å².